The van der Waals surface area contributed by atoms with Gasteiger partial charge >= 0.3 is 5.91 Å². The third kappa shape index (κ3) is 5.26. The van der Waals surface area contributed by atoms with Crippen molar-refractivity contribution in [1.29, 1.82) is 0 Å². The fourth-order valence-corrected chi connectivity index (χ4v) is 6.27. The Labute approximate surface area is 235 Å². The van der Waals surface area contributed by atoms with Crippen molar-refractivity contribution in [3.63, 3.8) is 0 Å². The maximum absolute atomic E-state index is 13.3. The number of halogens is 3. The Kier molecular flexibility index (Phi) is 7.55. The van der Waals surface area contributed by atoms with E-state index >= 15 is 0 Å². The van der Waals surface area contributed by atoms with E-state index in [1.54, 1.807) is 48.5 Å². The molecule has 1 fully saturated rings. The molecule has 11 heteroatoms. The van der Waals surface area contributed by atoms with E-state index in [-0.39, 0.29) is 16.5 Å². The summed E-state index contributed by atoms with van der Waals surface area (Å²) >= 11 is 20.9. The maximum atomic E-state index is 13.3. The minimum absolute atomic E-state index is 0.0601. The lowest BCUT2D eigenvalue weighted by atomic mass is 9.95. The number of carbonyl (C=O) groups is 2. The second-order valence-electron chi connectivity index (χ2n) is 7.96. The molecule has 1 saturated heterocycles. The minimum atomic E-state index is -0.928. The first-order chi connectivity index (χ1) is 17.8. The SMILES string of the molecule is O=C1C(=O)N(c2nnc(SCc3ccccc3Cl)s2)C(c2ccc(Cl)cc2)/C1=C(/O)c1ccc(Cl)cc1. The highest BCUT2D eigenvalue weighted by Crippen LogP contribution is 2.44. The molecule has 0 saturated carbocycles. The minimum Gasteiger partial charge on any atom is -0.507 e. The molecule has 0 aliphatic carbocycles. The summed E-state index contributed by atoms with van der Waals surface area (Å²) in [4.78, 5) is 27.8. The van der Waals surface area contributed by atoms with Gasteiger partial charge < -0.3 is 5.11 Å². The Morgan fingerprint density at radius 2 is 1.57 bits per heavy atom. The molecule has 1 aromatic heterocycles. The van der Waals surface area contributed by atoms with Gasteiger partial charge in [-0.1, -0.05) is 88.2 Å². The quantitative estimate of drug-likeness (QED) is 0.0830. The Morgan fingerprint density at radius 3 is 2.24 bits per heavy atom. The van der Waals surface area contributed by atoms with Crippen molar-refractivity contribution in [2.24, 2.45) is 0 Å². The standard InChI is InChI=1S/C26H16Cl3N3O3S2/c27-17-9-5-14(6-10-17)21-20(22(33)15-7-11-18(28)12-8-15)23(34)24(35)32(21)25-30-31-26(37-25)36-13-16-3-1-2-4-19(16)29/h1-12,21,33H,13H2/b22-20-. The van der Waals surface area contributed by atoms with Gasteiger partial charge in [0.2, 0.25) is 5.13 Å². The van der Waals surface area contributed by atoms with Gasteiger partial charge in [0.1, 0.15) is 5.76 Å². The first-order valence-corrected chi connectivity index (χ1v) is 13.8. The molecule has 3 aromatic carbocycles. The van der Waals surface area contributed by atoms with Crippen molar-refractivity contribution in [2.45, 2.75) is 16.1 Å². The molecule has 1 atom stereocenters. The highest BCUT2D eigenvalue weighted by molar-refractivity contribution is 8.00. The molecule has 0 bridgehead atoms. The van der Waals surface area contributed by atoms with Gasteiger partial charge in [-0.15, -0.1) is 10.2 Å². The van der Waals surface area contributed by atoms with Crippen molar-refractivity contribution < 1.29 is 14.7 Å². The highest BCUT2D eigenvalue weighted by atomic mass is 35.5. The summed E-state index contributed by atoms with van der Waals surface area (Å²) in [5, 5.41) is 21.4. The van der Waals surface area contributed by atoms with Crippen molar-refractivity contribution in [3.8, 4) is 0 Å². The molecule has 2 heterocycles. The lowest BCUT2D eigenvalue weighted by Gasteiger charge is -2.22. The van der Waals surface area contributed by atoms with Crippen molar-refractivity contribution in [3.05, 3.63) is 110 Å². The van der Waals surface area contributed by atoms with Crippen LogP contribution in [0.5, 0.6) is 0 Å². The lowest BCUT2D eigenvalue weighted by Crippen LogP contribution is -2.29. The number of ketones is 1. The van der Waals surface area contributed by atoms with Gasteiger partial charge in [0, 0.05) is 26.4 Å². The van der Waals surface area contributed by atoms with Gasteiger partial charge in [-0.25, -0.2) is 0 Å². The predicted molar refractivity (Wildman–Crippen MR) is 149 cm³/mol. The number of anilines is 1. The zero-order valence-corrected chi connectivity index (χ0v) is 22.7. The number of aliphatic hydroxyl groups excluding tert-OH is 1. The second kappa shape index (κ2) is 10.8. The molecule has 0 spiro atoms. The Morgan fingerprint density at radius 1 is 0.919 bits per heavy atom. The number of Topliss-reactive ketones (excluding diaryl/α,β-unsaturated/α-hetero) is 1. The zero-order valence-electron chi connectivity index (χ0n) is 18.8. The number of amides is 1. The predicted octanol–water partition coefficient (Wildman–Crippen LogP) is 7.42. The van der Waals surface area contributed by atoms with Crippen LogP contribution in [0.25, 0.3) is 5.76 Å². The summed E-state index contributed by atoms with van der Waals surface area (Å²) in [7, 11) is 0. The Balaban J connectivity index is 1.54. The molecule has 1 amide bonds. The van der Waals surface area contributed by atoms with Gasteiger partial charge in [0.05, 0.1) is 11.6 Å². The van der Waals surface area contributed by atoms with Crippen LogP contribution < -0.4 is 4.90 Å². The molecule has 5 rings (SSSR count). The fourth-order valence-electron chi connectivity index (χ4n) is 3.87. The molecule has 37 heavy (non-hydrogen) atoms. The number of carbonyl (C=O) groups excluding carboxylic acids is 2. The number of benzene rings is 3. The smallest absolute Gasteiger partial charge is 0.301 e. The number of aromatic nitrogens is 2. The number of hydrogen-bond donors (Lipinski definition) is 1. The summed E-state index contributed by atoms with van der Waals surface area (Å²) in [6, 6.07) is 19.6. The molecule has 1 aliphatic rings. The topological polar surface area (TPSA) is 83.4 Å². The van der Waals surface area contributed by atoms with E-state index in [1.807, 2.05) is 24.3 Å². The average Bonchev–Trinajstić information content (AvgIpc) is 3.46. The van der Waals surface area contributed by atoms with Gasteiger partial charge in [0.25, 0.3) is 5.78 Å². The number of rotatable bonds is 6. The second-order valence-corrected chi connectivity index (χ2v) is 11.4. The number of hydrogen-bond acceptors (Lipinski definition) is 7. The fraction of sp³-hybridized carbons (Fsp3) is 0.0769. The molecule has 1 unspecified atom stereocenters. The van der Waals surface area contributed by atoms with E-state index in [9.17, 15) is 14.7 Å². The monoisotopic (exact) mass is 587 g/mol. The maximum Gasteiger partial charge on any atom is 0.301 e. The van der Waals surface area contributed by atoms with Gasteiger partial charge in [0.15, 0.2) is 4.34 Å². The van der Waals surface area contributed by atoms with Crippen LogP contribution in [-0.4, -0.2) is 27.0 Å². The van der Waals surface area contributed by atoms with Crippen LogP contribution in [-0.2, 0) is 15.3 Å². The molecule has 1 N–H and O–H groups in total. The number of aliphatic hydroxyl groups is 1. The van der Waals surface area contributed by atoms with Crippen LogP contribution in [0.15, 0.2) is 82.7 Å². The average molecular weight is 589 g/mol. The molecule has 6 nitrogen and oxygen atoms in total. The van der Waals surface area contributed by atoms with Crippen LogP contribution in [0, 0.1) is 0 Å². The van der Waals surface area contributed by atoms with Crippen molar-refractivity contribution in [2.75, 3.05) is 4.90 Å². The molecule has 1 aliphatic heterocycles. The van der Waals surface area contributed by atoms with E-state index in [1.165, 1.54) is 28.0 Å². The van der Waals surface area contributed by atoms with Gasteiger partial charge in [-0.3, -0.25) is 14.5 Å². The van der Waals surface area contributed by atoms with Crippen molar-refractivity contribution >= 4 is 80.5 Å². The van der Waals surface area contributed by atoms with Gasteiger partial charge in [-0.05, 0) is 53.6 Å². The number of nitrogens with zero attached hydrogens (tertiary/aromatic N) is 3. The Hall–Kier alpha value is -2.88. The summed E-state index contributed by atoms with van der Waals surface area (Å²) in [5.74, 6) is -1.39. The van der Waals surface area contributed by atoms with E-state index in [2.05, 4.69) is 10.2 Å². The lowest BCUT2D eigenvalue weighted by molar-refractivity contribution is -0.132. The van der Waals surface area contributed by atoms with Crippen LogP contribution in [0.1, 0.15) is 22.7 Å². The summed E-state index contributed by atoms with van der Waals surface area (Å²) in [6.45, 7) is 0. The van der Waals surface area contributed by atoms with Crippen LogP contribution >= 0.6 is 57.9 Å². The first-order valence-electron chi connectivity index (χ1n) is 10.9. The summed E-state index contributed by atoms with van der Waals surface area (Å²) < 4.78 is 0.601. The van der Waals surface area contributed by atoms with E-state index in [0.717, 1.165) is 5.56 Å². The van der Waals surface area contributed by atoms with E-state index in [4.69, 9.17) is 34.8 Å². The van der Waals surface area contributed by atoms with E-state index < -0.39 is 17.7 Å². The van der Waals surface area contributed by atoms with Crippen LogP contribution in [0.3, 0.4) is 0 Å². The van der Waals surface area contributed by atoms with Crippen molar-refractivity contribution in [1.82, 2.24) is 10.2 Å². The van der Waals surface area contributed by atoms with Crippen LogP contribution in [0.4, 0.5) is 5.13 Å². The molecule has 4 aromatic rings. The molecule has 186 valence electrons. The third-order valence-electron chi connectivity index (χ3n) is 5.66. The Bertz CT molecular complexity index is 1520. The van der Waals surface area contributed by atoms with Crippen LogP contribution in [0.2, 0.25) is 15.1 Å². The first kappa shape index (κ1) is 25.8. The molecular formula is C26H16Cl3N3O3S2. The van der Waals surface area contributed by atoms with Gasteiger partial charge in [-0.2, -0.15) is 0 Å². The summed E-state index contributed by atoms with van der Waals surface area (Å²) in [5.41, 5.74) is 1.82. The summed E-state index contributed by atoms with van der Waals surface area (Å²) in [6.07, 6.45) is 0. The molecule has 0 radical (unpaired) electrons. The highest BCUT2D eigenvalue weighted by Gasteiger charge is 2.48. The normalized spacial score (nSPS) is 16.9. The number of thioether (sulfide) groups is 1. The molecular weight excluding hydrogens is 573 g/mol. The van der Waals surface area contributed by atoms with E-state index in [0.29, 0.717) is 36.3 Å². The third-order valence-corrected chi connectivity index (χ3v) is 8.64. The largest absolute Gasteiger partial charge is 0.507 e. The zero-order chi connectivity index (χ0) is 26.1.